The first-order valence-electron chi connectivity index (χ1n) is 4.39. The minimum Gasteiger partial charge on any atom is -0.478 e. The molecule has 1 aromatic carbocycles. The van der Waals surface area contributed by atoms with Crippen molar-refractivity contribution in [3.05, 3.63) is 34.4 Å². The number of carboxylic acids is 1. The zero-order valence-corrected chi connectivity index (χ0v) is 8.22. The van der Waals surface area contributed by atoms with Crippen LogP contribution < -0.4 is 0 Å². The molecule has 2 heteroatoms. The van der Waals surface area contributed by atoms with Gasteiger partial charge in [-0.15, -0.1) is 0 Å². The van der Waals surface area contributed by atoms with Gasteiger partial charge in [0, 0.05) is 0 Å². The molecule has 0 aliphatic rings. The van der Waals surface area contributed by atoms with Crippen molar-refractivity contribution in [1.82, 2.24) is 0 Å². The zero-order chi connectivity index (χ0) is 10.0. The number of rotatable bonds is 2. The van der Waals surface area contributed by atoms with Crippen LogP contribution in [-0.4, -0.2) is 11.1 Å². The van der Waals surface area contributed by atoms with Gasteiger partial charge < -0.3 is 5.11 Å². The molecule has 0 atom stereocenters. The molecule has 0 saturated carbocycles. The quantitative estimate of drug-likeness (QED) is 0.755. The van der Waals surface area contributed by atoms with Crippen molar-refractivity contribution in [2.75, 3.05) is 0 Å². The molecule has 1 aromatic rings. The minimum atomic E-state index is -0.825. The van der Waals surface area contributed by atoms with E-state index in [1.54, 1.807) is 0 Å². The third-order valence-corrected chi connectivity index (χ3v) is 2.16. The second-order valence-electron chi connectivity index (χ2n) is 3.27. The van der Waals surface area contributed by atoms with Crippen LogP contribution in [-0.2, 0) is 6.42 Å². The summed E-state index contributed by atoms with van der Waals surface area (Å²) in [5.74, 6) is -0.825. The first-order chi connectivity index (χ1) is 6.06. The molecule has 70 valence electrons. The third kappa shape index (κ3) is 1.89. The molecule has 1 N–H and O–H groups in total. The molecular weight excluding hydrogens is 164 g/mol. The Morgan fingerprint density at radius 2 is 2.00 bits per heavy atom. The smallest absolute Gasteiger partial charge is 0.336 e. The van der Waals surface area contributed by atoms with Gasteiger partial charge in [0.05, 0.1) is 5.56 Å². The van der Waals surface area contributed by atoms with Gasteiger partial charge in [0.15, 0.2) is 0 Å². The van der Waals surface area contributed by atoms with E-state index in [-0.39, 0.29) is 0 Å². The lowest BCUT2D eigenvalue weighted by atomic mass is 9.97. The highest BCUT2D eigenvalue weighted by atomic mass is 16.4. The number of benzene rings is 1. The van der Waals surface area contributed by atoms with Crippen LogP contribution in [0, 0.1) is 13.8 Å². The first-order valence-corrected chi connectivity index (χ1v) is 4.39. The highest BCUT2D eigenvalue weighted by molar-refractivity contribution is 5.91. The number of aromatic carboxylic acids is 1. The van der Waals surface area contributed by atoms with Crippen molar-refractivity contribution >= 4 is 5.97 Å². The normalized spacial score (nSPS) is 10.1. The van der Waals surface area contributed by atoms with Crippen molar-refractivity contribution in [2.45, 2.75) is 27.2 Å². The van der Waals surface area contributed by atoms with Crippen molar-refractivity contribution in [2.24, 2.45) is 0 Å². The van der Waals surface area contributed by atoms with E-state index in [0.717, 1.165) is 23.1 Å². The predicted molar refractivity (Wildman–Crippen MR) is 52.3 cm³/mol. The molecule has 2 nitrogen and oxygen atoms in total. The van der Waals surface area contributed by atoms with Gasteiger partial charge in [0.1, 0.15) is 0 Å². The van der Waals surface area contributed by atoms with Crippen molar-refractivity contribution in [1.29, 1.82) is 0 Å². The van der Waals surface area contributed by atoms with Crippen LogP contribution in [0.2, 0.25) is 0 Å². The van der Waals surface area contributed by atoms with E-state index in [1.165, 1.54) is 0 Å². The molecule has 1 rings (SSSR count). The number of hydrogen-bond donors (Lipinski definition) is 1. The first kappa shape index (κ1) is 9.78. The van der Waals surface area contributed by atoms with Gasteiger partial charge in [0.25, 0.3) is 0 Å². The summed E-state index contributed by atoms with van der Waals surface area (Å²) in [5.41, 5.74) is 3.36. The minimum absolute atomic E-state index is 0.466. The van der Waals surface area contributed by atoms with E-state index in [9.17, 15) is 4.79 Å². The van der Waals surface area contributed by atoms with Gasteiger partial charge in [-0.3, -0.25) is 0 Å². The summed E-state index contributed by atoms with van der Waals surface area (Å²) in [6.07, 6.45) is 0.768. The van der Waals surface area contributed by atoms with Crippen molar-refractivity contribution < 1.29 is 9.90 Å². The maximum Gasteiger partial charge on any atom is 0.336 e. The second kappa shape index (κ2) is 3.60. The molecule has 0 unspecified atom stereocenters. The van der Waals surface area contributed by atoms with Crippen molar-refractivity contribution in [3.8, 4) is 0 Å². The summed E-state index contributed by atoms with van der Waals surface area (Å²) in [7, 11) is 0. The average Bonchev–Trinajstić information content (AvgIpc) is 2.01. The van der Waals surface area contributed by atoms with Gasteiger partial charge >= 0.3 is 5.97 Å². The Morgan fingerprint density at radius 1 is 1.38 bits per heavy atom. The molecule has 0 amide bonds. The number of aryl methyl sites for hydroxylation is 3. The third-order valence-electron chi connectivity index (χ3n) is 2.16. The Labute approximate surface area is 78.2 Å². The summed E-state index contributed by atoms with van der Waals surface area (Å²) in [5, 5.41) is 8.97. The molecule has 0 heterocycles. The molecule has 0 radical (unpaired) electrons. The van der Waals surface area contributed by atoms with Crippen molar-refractivity contribution in [3.63, 3.8) is 0 Å². The fraction of sp³-hybridized carbons (Fsp3) is 0.364. The molecule has 0 spiro atoms. The number of hydrogen-bond acceptors (Lipinski definition) is 1. The number of carboxylic acid groups (broad SMARTS) is 1. The van der Waals surface area contributed by atoms with Crippen LogP contribution >= 0.6 is 0 Å². The Kier molecular flexibility index (Phi) is 2.71. The Hall–Kier alpha value is -1.31. The second-order valence-corrected chi connectivity index (χ2v) is 3.27. The maximum absolute atomic E-state index is 10.9. The lowest BCUT2D eigenvalue weighted by molar-refractivity contribution is 0.0695. The molecular formula is C11H14O2. The van der Waals surface area contributed by atoms with Crippen LogP contribution in [0.5, 0.6) is 0 Å². The predicted octanol–water partition coefficient (Wildman–Crippen LogP) is 2.56. The molecule has 0 fully saturated rings. The zero-order valence-electron chi connectivity index (χ0n) is 8.22. The van der Waals surface area contributed by atoms with E-state index < -0.39 is 5.97 Å². The fourth-order valence-electron chi connectivity index (χ4n) is 1.64. The van der Waals surface area contributed by atoms with Crippen LogP contribution in [0.25, 0.3) is 0 Å². The van der Waals surface area contributed by atoms with Crippen LogP contribution in [0.3, 0.4) is 0 Å². The Bertz CT molecular complexity index is 340. The van der Waals surface area contributed by atoms with Gasteiger partial charge in [-0.25, -0.2) is 4.79 Å². The number of carbonyl (C=O) groups is 1. The lowest BCUT2D eigenvalue weighted by Crippen LogP contribution is -2.05. The van der Waals surface area contributed by atoms with E-state index in [2.05, 4.69) is 0 Å². The Morgan fingerprint density at radius 3 is 2.46 bits per heavy atom. The Balaban J connectivity index is 3.38. The van der Waals surface area contributed by atoms with E-state index in [0.29, 0.717) is 5.56 Å². The van der Waals surface area contributed by atoms with Gasteiger partial charge in [0.2, 0.25) is 0 Å². The van der Waals surface area contributed by atoms with E-state index in [1.807, 2.05) is 32.9 Å². The topological polar surface area (TPSA) is 37.3 Å². The molecule has 13 heavy (non-hydrogen) atoms. The van der Waals surface area contributed by atoms with Gasteiger partial charge in [-0.1, -0.05) is 24.6 Å². The summed E-state index contributed by atoms with van der Waals surface area (Å²) in [6, 6.07) is 3.85. The summed E-state index contributed by atoms with van der Waals surface area (Å²) >= 11 is 0. The van der Waals surface area contributed by atoms with Gasteiger partial charge in [-0.05, 0) is 31.4 Å². The average molecular weight is 178 g/mol. The summed E-state index contributed by atoms with van der Waals surface area (Å²) < 4.78 is 0. The van der Waals surface area contributed by atoms with Crippen LogP contribution in [0.15, 0.2) is 12.1 Å². The standard InChI is InChI=1S/C11H14O2/c1-4-9-6-7(2)5-8(3)10(9)11(12)13/h5-6H,4H2,1-3H3,(H,12,13). The maximum atomic E-state index is 10.9. The SMILES string of the molecule is CCc1cc(C)cc(C)c1C(=O)O. The highest BCUT2D eigenvalue weighted by Gasteiger charge is 2.11. The van der Waals surface area contributed by atoms with E-state index in [4.69, 9.17) is 5.11 Å². The highest BCUT2D eigenvalue weighted by Crippen LogP contribution is 2.17. The molecule has 0 aromatic heterocycles. The molecule has 0 bridgehead atoms. The fourth-order valence-corrected chi connectivity index (χ4v) is 1.64. The lowest BCUT2D eigenvalue weighted by Gasteiger charge is -2.08. The van der Waals surface area contributed by atoms with Crippen LogP contribution in [0.4, 0.5) is 0 Å². The van der Waals surface area contributed by atoms with Crippen LogP contribution in [0.1, 0.15) is 34.0 Å². The monoisotopic (exact) mass is 178 g/mol. The van der Waals surface area contributed by atoms with E-state index >= 15 is 0 Å². The molecule has 0 aliphatic carbocycles. The largest absolute Gasteiger partial charge is 0.478 e. The molecule has 0 saturated heterocycles. The van der Waals surface area contributed by atoms with Gasteiger partial charge in [-0.2, -0.15) is 0 Å². The summed E-state index contributed by atoms with van der Waals surface area (Å²) in [4.78, 5) is 10.9. The molecule has 0 aliphatic heterocycles. The summed E-state index contributed by atoms with van der Waals surface area (Å²) in [6.45, 7) is 5.80.